The van der Waals surface area contributed by atoms with Gasteiger partial charge in [0.2, 0.25) is 0 Å². The van der Waals surface area contributed by atoms with Gasteiger partial charge in [0.15, 0.2) is 0 Å². The summed E-state index contributed by atoms with van der Waals surface area (Å²) < 4.78 is 4.93. The summed E-state index contributed by atoms with van der Waals surface area (Å²) in [5.74, 6) is -0.871. The van der Waals surface area contributed by atoms with Gasteiger partial charge in [-0.25, -0.2) is 4.79 Å². The Morgan fingerprint density at radius 3 is 2.36 bits per heavy atom. The molecule has 82 valence electrons. The number of ether oxygens (including phenoxy) is 1. The molecule has 0 spiro atoms. The molecule has 0 atom stereocenters. The molecule has 0 aliphatic heterocycles. The van der Waals surface area contributed by atoms with Crippen LogP contribution in [0.4, 0.5) is 0 Å². The summed E-state index contributed by atoms with van der Waals surface area (Å²) in [6.45, 7) is 4.30. The Morgan fingerprint density at radius 1 is 1.21 bits per heavy atom. The first-order chi connectivity index (χ1) is 6.68. The third kappa shape index (κ3) is 7.80. The van der Waals surface area contributed by atoms with Crippen LogP contribution in [0.2, 0.25) is 0 Å². The third-order valence-electron chi connectivity index (χ3n) is 2.13. The van der Waals surface area contributed by atoms with Crippen LogP contribution in [0.1, 0.15) is 38.5 Å². The van der Waals surface area contributed by atoms with E-state index in [1.807, 2.05) is 0 Å². The fraction of sp³-hybridized carbons (Fsp3) is 0.727. The van der Waals surface area contributed by atoms with Crippen LogP contribution in [-0.2, 0) is 9.53 Å². The van der Waals surface area contributed by atoms with Gasteiger partial charge in [0.05, 0.1) is 0 Å². The summed E-state index contributed by atoms with van der Waals surface area (Å²) in [5.41, 5.74) is 0.321. The highest BCUT2D eigenvalue weighted by molar-refractivity contribution is 5.85. The lowest BCUT2D eigenvalue weighted by molar-refractivity contribution is -0.132. The van der Waals surface area contributed by atoms with Crippen molar-refractivity contribution in [3.8, 4) is 0 Å². The monoisotopic (exact) mass is 200 g/mol. The zero-order chi connectivity index (χ0) is 10.8. The Labute approximate surface area is 85.8 Å². The highest BCUT2D eigenvalue weighted by Gasteiger charge is 2.02. The van der Waals surface area contributed by atoms with Crippen molar-refractivity contribution in [1.29, 1.82) is 0 Å². The van der Waals surface area contributed by atoms with Crippen molar-refractivity contribution in [3.05, 3.63) is 12.2 Å². The van der Waals surface area contributed by atoms with Gasteiger partial charge in [-0.2, -0.15) is 0 Å². The van der Waals surface area contributed by atoms with Gasteiger partial charge in [-0.3, -0.25) is 0 Å². The maximum Gasteiger partial charge on any atom is 0.330 e. The number of unbranched alkanes of at least 4 members (excludes halogenated alkanes) is 4. The van der Waals surface area contributed by atoms with Gasteiger partial charge in [0.25, 0.3) is 0 Å². The molecule has 3 nitrogen and oxygen atoms in total. The lowest BCUT2D eigenvalue weighted by Gasteiger charge is -2.01. The van der Waals surface area contributed by atoms with Crippen LogP contribution >= 0.6 is 0 Å². The molecule has 0 aliphatic rings. The molecular weight excluding hydrogens is 180 g/mol. The number of rotatable bonds is 9. The van der Waals surface area contributed by atoms with Crippen molar-refractivity contribution in [2.45, 2.75) is 38.5 Å². The summed E-state index contributed by atoms with van der Waals surface area (Å²) in [5, 5.41) is 8.54. The number of carboxylic acid groups (broad SMARTS) is 1. The van der Waals surface area contributed by atoms with Gasteiger partial charge < -0.3 is 9.84 Å². The average molecular weight is 200 g/mol. The molecule has 3 heteroatoms. The van der Waals surface area contributed by atoms with E-state index in [2.05, 4.69) is 6.58 Å². The van der Waals surface area contributed by atoms with E-state index in [-0.39, 0.29) is 0 Å². The molecule has 0 rings (SSSR count). The molecule has 0 aromatic rings. The van der Waals surface area contributed by atoms with Gasteiger partial charge >= 0.3 is 5.97 Å². The van der Waals surface area contributed by atoms with E-state index in [4.69, 9.17) is 9.84 Å². The van der Waals surface area contributed by atoms with E-state index < -0.39 is 5.97 Å². The minimum absolute atomic E-state index is 0.321. The summed E-state index contributed by atoms with van der Waals surface area (Å²) in [6, 6.07) is 0. The molecular formula is C11H20O3. The van der Waals surface area contributed by atoms with Crippen LogP contribution < -0.4 is 0 Å². The number of carbonyl (C=O) groups is 1. The number of hydrogen-bond acceptors (Lipinski definition) is 2. The highest BCUT2D eigenvalue weighted by Crippen LogP contribution is 2.09. The number of methoxy groups -OCH3 is 1. The van der Waals surface area contributed by atoms with E-state index in [1.165, 1.54) is 0 Å². The Bertz CT molecular complexity index is 175. The van der Waals surface area contributed by atoms with Crippen LogP contribution in [0.3, 0.4) is 0 Å². The van der Waals surface area contributed by atoms with Gasteiger partial charge in [0, 0.05) is 19.3 Å². The van der Waals surface area contributed by atoms with Gasteiger partial charge in [0.1, 0.15) is 0 Å². The van der Waals surface area contributed by atoms with Crippen molar-refractivity contribution < 1.29 is 14.6 Å². The molecule has 0 saturated heterocycles. The van der Waals surface area contributed by atoms with Crippen LogP contribution in [0.25, 0.3) is 0 Å². The Morgan fingerprint density at radius 2 is 1.79 bits per heavy atom. The summed E-state index contributed by atoms with van der Waals surface area (Å²) in [6.07, 6.45) is 6.02. The second kappa shape index (κ2) is 8.75. The minimum atomic E-state index is -0.871. The lowest BCUT2D eigenvalue weighted by Crippen LogP contribution is -1.98. The van der Waals surface area contributed by atoms with E-state index in [9.17, 15) is 4.79 Å². The Balaban J connectivity index is 3.13. The van der Waals surface area contributed by atoms with Gasteiger partial charge in [-0.05, 0) is 19.3 Å². The topological polar surface area (TPSA) is 46.5 Å². The van der Waals surface area contributed by atoms with Crippen LogP contribution in [0.5, 0.6) is 0 Å². The number of aliphatic carboxylic acids is 1. The van der Waals surface area contributed by atoms with Gasteiger partial charge in [-0.1, -0.05) is 25.8 Å². The molecule has 0 radical (unpaired) electrons. The molecule has 0 aliphatic carbocycles. The van der Waals surface area contributed by atoms with Crippen LogP contribution in [-0.4, -0.2) is 24.8 Å². The number of hydrogen-bond donors (Lipinski definition) is 1. The van der Waals surface area contributed by atoms with E-state index >= 15 is 0 Å². The Kier molecular flexibility index (Phi) is 8.24. The molecule has 0 heterocycles. The van der Waals surface area contributed by atoms with Crippen molar-refractivity contribution in [2.75, 3.05) is 13.7 Å². The van der Waals surface area contributed by atoms with Crippen molar-refractivity contribution >= 4 is 5.97 Å². The van der Waals surface area contributed by atoms with Gasteiger partial charge in [-0.15, -0.1) is 0 Å². The Hall–Kier alpha value is -0.830. The van der Waals surface area contributed by atoms with Crippen molar-refractivity contribution in [1.82, 2.24) is 0 Å². The molecule has 0 fully saturated rings. The van der Waals surface area contributed by atoms with Crippen molar-refractivity contribution in [2.24, 2.45) is 0 Å². The van der Waals surface area contributed by atoms with Crippen LogP contribution in [0, 0.1) is 0 Å². The first-order valence-electron chi connectivity index (χ1n) is 5.08. The fourth-order valence-corrected chi connectivity index (χ4v) is 1.22. The number of carboxylic acids is 1. The average Bonchev–Trinajstić information content (AvgIpc) is 2.16. The second-order valence-electron chi connectivity index (χ2n) is 3.42. The maximum absolute atomic E-state index is 10.4. The molecule has 0 aromatic carbocycles. The standard InChI is InChI=1S/C11H20O3/c1-10(11(12)13)8-6-4-3-5-7-9-14-2/h1,3-9H2,2H3,(H,12,13). The predicted octanol–water partition coefficient (Wildman–Crippen LogP) is 2.61. The quantitative estimate of drug-likeness (QED) is 0.459. The third-order valence-corrected chi connectivity index (χ3v) is 2.13. The van der Waals surface area contributed by atoms with Crippen molar-refractivity contribution in [3.63, 3.8) is 0 Å². The first kappa shape index (κ1) is 13.2. The second-order valence-corrected chi connectivity index (χ2v) is 3.42. The SMILES string of the molecule is C=C(CCCCCCCOC)C(=O)O. The summed E-state index contributed by atoms with van der Waals surface area (Å²) in [4.78, 5) is 10.4. The highest BCUT2D eigenvalue weighted by atomic mass is 16.5. The fourth-order valence-electron chi connectivity index (χ4n) is 1.22. The summed E-state index contributed by atoms with van der Waals surface area (Å²) >= 11 is 0. The lowest BCUT2D eigenvalue weighted by atomic mass is 10.1. The molecule has 0 aromatic heterocycles. The molecule has 14 heavy (non-hydrogen) atoms. The van der Waals surface area contributed by atoms with Crippen LogP contribution in [0.15, 0.2) is 12.2 Å². The predicted molar refractivity (Wildman–Crippen MR) is 56.4 cm³/mol. The zero-order valence-electron chi connectivity index (χ0n) is 8.92. The molecule has 1 N–H and O–H groups in total. The minimum Gasteiger partial charge on any atom is -0.478 e. The molecule has 0 unspecified atom stereocenters. The molecule has 0 bridgehead atoms. The molecule has 0 saturated carbocycles. The van der Waals surface area contributed by atoms with E-state index in [1.54, 1.807) is 7.11 Å². The smallest absolute Gasteiger partial charge is 0.330 e. The first-order valence-corrected chi connectivity index (χ1v) is 5.08. The maximum atomic E-state index is 10.4. The summed E-state index contributed by atoms with van der Waals surface area (Å²) in [7, 11) is 1.71. The van der Waals surface area contributed by atoms with E-state index in [0.29, 0.717) is 12.0 Å². The van der Waals surface area contributed by atoms with E-state index in [0.717, 1.165) is 38.7 Å². The zero-order valence-corrected chi connectivity index (χ0v) is 8.92. The normalized spacial score (nSPS) is 10.1. The largest absolute Gasteiger partial charge is 0.478 e. The molecule has 0 amide bonds.